The predicted molar refractivity (Wildman–Crippen MR) is 132 cm³/mol. The van der Waals surface area contributed by atoms with Gasteiger partial charge in [0.15, 0.2) is 6.29 Å². The van der Waals surface area contributed by atoms with Crippen LogP contribution in [0.4, 0.5) is 0 Å². The molecule has 184 valence electrons. The zero-order valence-corrected chi connectivity index (χ0v) is 20.4. The van der Waals surface area contributed by atoms with Crippen LogP contribution >= 0.6 is 0 Å². The molecule has 2 fully saturated rings. The van der Waals surface area contributed by atoms with Crippen LogP contribution in [-0.2, 0) is 37.4 Å². The normalized spacial score (nSPS) is 26.0. The molecule has 35 heavy (non-hydrogen) atoms. The third-order valence-corrected chi connectivity index (χ3v) is 7.90. The summed E-state index contributed by atoms with van der Waals surface area (Å²) in [7, 11) is -3.81. The Balaban J connectivity index is 1.41. The van der Waals surface area contributed by atoms with E-state index < -0.39 is 28.5 Å². The fourth-order valence-corrected chi connectivity index (χ4v) is 5.80. The van der Waals surface area contributed by atoms with E-state index >= 15 is 0 Å². The zero-order chi connectivity index (χ0) is 24.3. The van der Waals surface area contributed by atoms with Crippen molar-refractivity contribution in [1.29, 1.82) is 0 Å². The van der Waals surface area contributed by atoms with Crippen molar-refractivity contribution >= 4 is 10.0 Å². The van der Waals surface area contributed by atoms with Gasteiger partial charge in [-0.25, -0.2) is 13.1 Å². The van der Waals surface area contributed by atoms with E-state index in [1.807, 2.05) is 67.6 Å². The summed E-state index contributed by atoms with van der Waals surface area (Å²) in [6.45, 7) is 3.20. The Morgan fingerprint density at radius 1 is 0.886 bits per heavy atom. The van der Waals surface area contributed by atoms with Gasteiger partial charge in [-0.15, -0.1) is 0 Å². The van der Waals surface area contributed by atoms with Gasteiger partial charge in [0.25, 0.3) is 0 Å². The molecule has 3 aromatic rings. The molecule has 2 saturated heterocycles. The van der Waals surface area contributed by atoms with Crippen LogP contribution in [0.5, 0.6) is 0 Å². The first-order valence-electron chi connectivity index (χ1n) is 11.8. The molecule has 2 heterocycles. The van der Waals surface area contributed by atoms with Crippen molar-refractivity contribution in [3.8, 4) is 0 Å². The molecule has 0 aliphatic carbocycles. The Hall–Kier alpha value is -2.59. The van der Waals surface area contributed by atoms with Crippen molar-refractivity contribution in [2.24, 2.45) is 0 Å². The highest BCUT2D eigenvalue weighted by Gasteiger charge is 2.52. The minimum Gasteiger partial charge on any atom is -0.369 e. The monoisotopic (exact) mass is 494 g/mol. The lowest BCUT2D eigenvalue weighted by Crippen LogP contribution is -2.65. The maximum absolute atomic E-state index is 13.3. The van der Waals surface area contributed by atoms with Crippen LogP contribution in [0.25, 0.3) is 0 Å². The van der Waals surface area contributed by atoms with Gasteiger partial charge >= 0.3 is 0 Å². The average Bonchev–Trinajstić information content (AvgIpc) is 3.31. The summed E-state index contributed by atoms with van der Waals surface area (Å²) < 4.78 is 47.8. The molecule has 0 amide bonds. The summed E-state index contributed by atoms with van der Waals surface area (Å²) >= 11 is 0. The summed E-state index contributed by atoms with van der Waals surface area (Å²) in [5, 5.41) is 3.55. The van der Waals surface area contributed by atoms with Gasteiger partial charge in [-0.1, -0.05) is 78.4 Å². The number of aryl methyl sites for hydroxylation is 1. The lowest BCUT2D eigenvalue weighted by Gasteiger charge is -2.41. The van der Waals surface area contributed by atoms with Gasteiger partial charge in [0.05, 0.1) is 30.2 Å². The SMILES string of the molecule is Cc1ccc(S(=O)(=O)N[C@H]2[C@@H]3OC[C@@H](O3)[C@@H](OCc3ccccc3)[C@@H]2NCc2ccccc2)cc1. The second-order valence-electron chi connectivity index (χ2n) is 8.99. The van der Waals surface area contributed by atoms with E-state index in [-0.39, 0.29) is 17.0 Å². The number of fused-ring (bicyclic) bond motifs is 2. The van der Waals surface area contributed by atoms with Gasteiger partial charge in [0, 0.05) is 6.54 Å². The van der Waals surface area contributed by atoms with Crippen LogP contribution in [0.1, 0.15) is 16.7 Å². The van der Waals surface area contributed by atoms with Crippen LogP contribution in [0.15, 0.2) is 89.8 Å². The number of ether oxygens (including phenoxy) is 3. The van der Waals surface area contributed by atoms with Crippen LogP contribution in [-0.4, -0.2) is 45.6 Å². The van der Waals surface area contributed by atoms with E-state index in [1.165, 1.54) is 0 Å². The molecule has 0 radical (unpaired) electrons. The molecule has 2 bridgehead atoms. The van der Waals surface area contributed by atoms with Crippen molar-refractivity contribution in [3.05, 3.63) is 102 Å². The van der Waals surface area contributed by atoms with Crippen molar-refractivity contribution in [1.82, 2.24) is 10.0 Å². The molecule has 0 unspecified atom stereocenters. The molecule has 2 N–H and O–H groups in total. The van der Waals surface area contributed by atoms with Gasteiger partial charge in [0.1, 0.15) is 12.2 Å². The average molecular weight is 495 g/mol. The molecule has 2 aliphatic rings. The maximum Gasteiger partial charge on any atom is 0.241 e. The number of nitrogens with one attached hydrogen (secondary N) is 2. The van der Waals surface area contributed by atoms with Crippen molar-refractivity contribution < 1.29 is 22.6 Å². The van der Waals surface area contributed by atoms with Gasteiger partial charge < -0.3 is 19.5 Å². The summed E-state index contributed by atoms with van der Waals surface area (Å²) in [5.41, 5.74) is 3.12. The molecule has 7 nitrogen and oxygen atoms in total. The van der Waals surface area contributed by atoms with Gasteiger partial charge in [0.2, 0.25) is 10.0 Å². The fraction of sp³-hybridized carbons (Fsp3) is 0.333. The largest absolute Gasteiger partial charge is 0.369 e. The van der Waals surface area contributed by atoms with Gasteiger partial charge in [-0.05, 0) is 30.2 Å². The van der Waals surface area contributed by atoms with E-state index in [4.69, 9.17) is 14.2 Å². The third kappa shape index (κ3) is 5.64. The van der Waals surface area contributed by atoms with E-state index in [1.54, 1.807) is 24.3 Å². The van der Waals surface area contributed by atoms with Crippen LogP contribution < -0.4 is 10.0 Å². The molecular formula is C27H30N2O5S. The smallest absolute Gasteiger partial charge is 0.241 e. The van der Waals surface area contributed by atoms with E-state index in [2.05, 4.69) is 10.0 Å². The quantitative estimate of drug-likeness (QED) is 0.475. The highest BCUT2D eigenvalue weighted by Crippen LogP contribution is 2.32. The number of benzene rings is 3. The molecule has 5 atom stereocenters. The van der Waals surface area contributed by atoms with Gasteiger partial charge in [-0.3, -0.25) is 0 Å². The molecule has 0 spiro atoms. The van der Waals surface area contributed by atoms with Crippen molar-refractivity contribution in [3.63, 3.8) is 0 Å². The topological polar surface area (TPSA) is 85.9 Å². The maximum atomic E-state index is 13.3. The number of hydrogen-bond acceptors (Lipinski definition) is 6. The molecule has 0 saturated carbocycles. The predicted octanol–water partition coefficient (Wildman–Crippen LogP) is 3.14. The molecule has 3 aromatic carbocycles. The van der Waals surface area contributed by atoms with Crippen LogP contribution in [0, 0.1) is 6.92 Å². The Labute approximate surface area is 206 Å². The standard InChI is InChI=1S/C27H30N2O5S/c1-19-12-14-22(15-13-19)35(30,31)29-25-24(28-16-20-8-4-2-5-9-20)26(23-18-33-27(25)34-23)32-17-21-10-6-3-7-11-21/h2-15,23-29H,16-18H2,1H3/t23-,24-,25-,26-,27-/m1/s1. The summed E-state index contributed by atoms with van der Waals surface area (Å²) in [6.07, 6.45) is -1.41. The summed E-state index contributed by atoms with van der Waals surface area (Å²) in [4.78, 5) is 0.201. The van der Waals surface area contributed by atoms with Gasteiger partial charge in [-0.2, -0.15) is 0 Å². The Bertz CT molecular complexity index is 1210. The Kier molecular flexibility index (Phi) is 7.29. The third-order valence-electron chi connectivity index (χ3n) is 6.43. The first kappa shape index (κ1) is 24.1. The second kappa shape index (κ2) is 10.6. The van der Waals surface area contributed by atoms with Crippen LogP contribution in [0.3, 0.4) is 0 Å². The second-order valence-corrected chi connectivity index (χ2v) is 10.7. The first-order chi connectivity index (χ1) is 17.0. The molecular weight excluding hydrogens is 464 g/mol. The molecule has 5 rings (SSSR count). The minimum absolute atomic E-state index is 0.201. The summed E-state index contributed by atoms with van der Waals surface area (Å²) in [6, 6.07) is 25.6. The number of sulfonamides is 1. The first-order valence-corrected chi connectivity index (χ1v) is 13.3. The number of rotatable bonds is 9. The van der Waals surface area contributed by atoms with E-state index in [0.717, 1.165) is 16.7 Å². The zero-order valence-electron chi connectivity index (χ0n) is 19.5. The van der Waals surface area contributed by atoms with E-state index in [9.17, 15) is 8.42 Å². The van der Waals surface area contributed by atoms with E-state index in [0.29, 0.717) is 19.8 Å². The molecule has 2 aliphatic heterocycles. The van der Waals surface area contributed by atoms with Crippen LogP contribution in [0.2, 0.25) is 0 Å². The summed E-state index contributed by atoms with van der Waals surface area (Å²) in [5.74, 6) is 0. The van der Waals surface area contributed by atoms with Crippen molar-refractivity contribution in [2.45, 2.75) is 55.6 Å². The Morgan fingerprint density at radius 3 is 2.23 bits per heavy atom. The Morgan fingerprint density at radius 2 is 1.54 bits per heavy atom. The molecule has 0 aromatic heterocycles. The highest BCUT2D eigenvalue weighted by molar-refractivity contribution is 7.89. The lowest BCUT2D eigenvalue weighted by molar-refractivity contribution is -0.165. The minimum atomic E-state index is -3.81. The highest BCUT2D eigenvalue weighted by atomic mass is 32.2. The lowest BCUT2D eigenvalue weighted by atomic mass is 9.95. The van der Waals surface area contributed by atoms with Crippen molar-refractivity contribution in [2.75, 3.05) is 6.61 Å². The number of hydrogen-bond donors (Lipinski definition) is 2. The fourth-order valence-electron chi connectivity index (χ4n) is 4.55. The molecule has 8 heteroatoms.